The number of ether oxygens (including phenoxy) is 1. The average Bonchev–Trinajstić information content (AvgIpc) is 3.07. The molecule has 0 radical (unpaired) electrons. The second-order valence-corrected chi connectivity index (χ2v) is 5.48. The summed E-state index contributed by atoms with van der Waals surface area (Å²) in [7, 11) is 0. The number of nitrogens with zero attached hydrogens (tertiary/aromatic N) is 1. The summed E-state index contributed by atoms with van der Waals surface area (Å²) in [6.07, 6.45) is -0.307. The molecule has 20 heavy (non-hydrogen) atoms. The number of cyclic esters (lactones) is 1. The molecule has 1 aliphatic heterocycles. The van der Waals surface area contributed by atoms with Gasteiger partial charge < -0.3 is 15.0 Å². The Morgan fingerprint density at radius 3 is 3.10 bits per heavy atom. The highest BCUT2D eigenvalue weighted by molar-refractivity contribution is 7.17. The summed E-state index contributed by atoms with van der Waals surface area (Å²) in [6, 6.07) is 7.65. The minimum absolute atomic E-state index is 0.120. The summed E-state index contributed by atoms with van der Waals surface area (Å²) in [5.41, 5.74) is 0.639. The Labute approximate surface area is 120 Å². The highest BCUT2D eigenvalue weighted by Crippen LogP contribution is 2.21. The van der Waals surface area contributed by atoms with E-state index < -0.39 is 0 Å². The Morgan fingerprint density at radius 1 is 1.40 bits per heavy atom. The van der Waals surface area contributed by atoms with Crippen LogP contribution in [0, 0.1) is 0 Å². The van der Waals surface area contributed by atoms with Crippen LogP contribution in [0.5, 0.6) is 0 Å². The van der Waals surface area contributed by atoms with Crippen molar-refractivity contribution in [3.05, 3.63) is 35.2 Å². The maximum atomic E-state index is 12.0. The number of hydrogen-bond donors (Lipinski definition) is 1. The topological polar surface area (TPSA) is 58.6 Å². The van der Waals surface area contributed by atoms with Crippen molar-refractivity contribution in [2.75, 3.05) is 26.2 Å². The van der Waals surface area contributed by atoms with Crippen LogP contribution in [0.3, 0.4) is 0 Å². The largest absolute Gasteiger partial charge is 0.448 e. The minimum Gasteiger partial charge on any atom is -0.448 e. The fourth-order valence-corrected chi connectivity index (χ4v) is 2.91. The number of rotatable bonds is 4. The number of hydrogen-bond acceptors (Lipinski definition) is 4. The first-order valence-corrected chi connectivity index (χ1v) is 7.29. The van der Waals surface area contributed by atoms with Crippen molar-refractivity contribution in [3.8, 4) is 0 Å². The van der Waals surface area contributed by atoms with Gasteiger partial charge in [-0.15, -0.1) is 11.3 Å². The molecular weight excluding hydrogens is 276 g/mol. The Bertz CT molecular complexity index is 653. The zero-order valence-corrected chi connectivity index (χ0v) is 11.6. The Morgan fingerprint density at radius 2 is 2.30 bits per heavy atom. The minimum atomic E-state index is -0.307. The van der Waals surface area contributed by atoms with E-state index in [1.54, 1.807) is 16.2 Å². The van der Waals surface area contributed by atoms with E-state index in [0.717, 1.165) is 5.39 Å². The zero-order chi connectivity index (χ0) is 13.9. The van der Waals surface area contributed by atoms with Crippen molar-refractivity contribution in [2.45, 2.75) is 0 Å². The van der Waals surface area contributed by atoms with Crippen molar-refractivity contribution >= 4 is 33.4 Å². The molecule has 1 aromatic heterocycles. The van der Waals surface area contributed by atoms with Crippen molar-refractivity contribution in [1.82, 2.24) is 10.2 Å². The van der Waals surface area contributed by atoms with Crippen molar-refractivity contribution in [2.24, 2.45) is 0 Å². The molecule has 0 unspecified atom stereocenters. The van der Waals surface area contributed by atoms with Crippen LogP contribution in [0.15, 0.2) is 29.6 Å². The molecule has 3 rings (SSSR count). The molecule has 104 valence electrons. The van der Waals surface area contributed by atoms with E-state index in [9.17, 15) is 9.59 Å². The molecule has 0 atom stereocenters. The lowest BCUT2D eigenvalue weighted by molar-refractivity contribution is 0.0949. The molecule has 0 spiro atoms. The molecule has 1 fully saturated rings. The highest BCUT2D eigenvalue weighted by atomic mass is 32.1. The van der Waals surface area contributed by atoms with Gasteiger partial charge in [0.15, 0.2) is 0 Å². The lowest BCUT2D eigenvalue weighted by Gasteiger charge is -2.12. The van der Waals surface area contributed by atoms with Gasteiger partial charge in [0.25, 0.3) is 5.91 Å². The SMILES string of the molecule is O=C(NCCN1CCOC1=O)c1ccc2sccc2c1. The van der Waals surface area contributed by atoms with E-state index in [2.05, 4.69) is 5.32 Å². The lowest BCUT2D eigenvalue weighted by atomic mass is 10.1. The molecule has 0 aliphatic carbocycles. The fourth-order valence-electron chi connectivity index (χ4n) is 2.14. The summed E-state index contributed by atoms with van der Waals surface area (Å²) in [6.45, 7) is 1.93. The van der Waals surface area contributed by atoms with Crippen molar-refractivity contribution < 1.29 is 14.3 Å². The van der Waals surface area contributed by atoms with Crippen LogP contribution in [0.25, 0.3) is 10.1 Å². The second kappa shape index (κ2) is 5.50. The predicted octanol–water partition coefficient (Wildman–Crippen LogP) is 2.08. The fraction of sp³-hybridized carbons (Fsp3) is 0.286. The average molecular weight is 290 g/mol. The molecular formula is C14H14N2O3S. The quantitative estimate of drug-likeness (QED) is 0.938. The first-order valence-electron chi connectivity index (χ1n) is 6.41. The van der Waals surface area contributed by atoms with Crippen LogP contribution < -0.4 is 5.32 Å². The Balaban J connectivity index is 1.57. The van der Waals surface area contributed by atoms with Gasteiger partial charge in [-0.1, -0.05) is 0 Å². The normalized spacial score (nSPS) is 14.6. The van der Waals surface area contributed by atoms with Crippen LogP contribution in [0.1, 0.15) is 10.4 Å². The van der Waals surface area contributed by atoms with Crippen LogP contribution in [-0.4, -0.2) is 43.1 Å². The van der Waals surface area contributed by atoms with Gasteiger partial charge in [0.1, 0.15) is 6.61 Å². The van der Waals surface area contributed by atoms with Gasteiger partial charge in [-0.05, 0) is 35.0 Å². The Kier molecular flexibility index (Phi) is 3.56. The molecule has 1 aliphatic rings. The molecule has 6 heteroatoms. The number of thiophene rings is 1. The molecule has 1 aromatic carbocycles. The zero-order valence-electron chi connectivity index (χ0n) is 10.8. The third kappa shape index (κ3) is 2.60. The van der Waals surface area contributed by atoms with Gasteiger partial charge in [-0.2, -0.15) is 0 Å². The summed E-state index contributed by atoms with van der Waals surface area (Å²) in [5, 5.41) is 5.90. The van der Waals surface area contributed by atoms with E-state index in [1.807, 2.05) is 29.6 Å². The molecule has 5 nitrogen and oxygen atoms in total. The van der Waals surface area contributed by atoms with Gasteiger partial charge >= 0.3 is 6.09 Å². The smallest absolute Gasteiger partial charge is 0.409 e. The van der Waals surface area contributed by atoms with E-state index in [0.29, 0.717) is 31.8 Å². The monoisotopic (exact) mass is 290 g/mol. The summed E-state index contributed by atoms with van der Waals surface area (Å²) < 4.78 is 5.99. The van der Waals surface area contributed by atoms with Crippen molar-refractivity contribution in [3.63, 3.8) is 0 Å². The van der Waals surface area contributed by atoms with Crippen molar-refractivity contribution in [1.29, 1.82) is 0 Å². The third-order valence-electron chi connectivity index (χ3n) is 3.23. The van der Waals surface area contributed by atoms with Gasteiger partial charge in [0, 0.05) is 23.4 Å². The van der Waals surface area contributed by atoms with Gasteiger partial charge in [0.2, 0.25) is 0 Å². The molecule has 1 N–H and O–H groups in total. The number of carbonyl (C=O) groups excluding carboxylic acids is 2. The summed E-state index contributed by atoms with van der Waals surface area (Å²) >= 11 is 1.65. The maximum absolute atomic E-state index is 12.0. The Hall–Kier alpha value is -2.08. The number of nitrogens with one attached hydrogen (secondary N) is 1. The number of amides is 2. The molecule has 2 amide bonds. The molecule has 1 saturated heterocycles. The molecule has 2 heterocycles. The van der Waals surface area contributed by atoms with Crippen LogP contribution in [0.4, 0.5) is 4.79 Å². The third-order valence-corrected chi connectivity index (χ3v) is 4.12. The summed E-state index contributed by atoms with van der Waals surface area (Å²) in [5.74, 6) is -0.120. The van der Waals surface area contributed by atoms with Gasteiger partial charge in [-0.3, -0.25) is 4.79 Å². The first kappa shape index (κ1) is 12.9. The van der Waals surface area contributed by atoms with Crippen LogP contribution >= 0.6 is 11.3 Å². The highest BCUT2D eigenvalue weighted by Gasteiger charge is 2.21. The predicted molar refractivity (Wildman–Crippen MR) is 77.1 cm³/mol. The maximum Gasteiger partial charge on any atom is 0.409 e. The molecule has 2 aromatic rings. The number of carbonyl (C=O) groups is 2. The van der Waals surface area contributed by atoms with Gasteiger partial charge in [-0.25, -0.2) is 4.79 Å². The second-order valence-electron chi connectivity index (χ2n) is 4.53. The van der Waals surface area contributed by atoms with E-state index >= 15 is 0 Å². The van der Waals surface area contributed by atoms with E-state index in [1.165, 1.54) is 4.70 Å². The first-order chi connectivity index (χ1) is 9.74. The van der Waals surface area contributed by atoms with Crippen LogP contribution in [0.2, 0.25) is 0 Å². The van der Waals surface area contributed by atoms with Crippen LogP contribution in [-0.2, 0) is 4.74 Å². The lowest BCUT2D eigenvalue weighted by Crippen LogP contribution is -2.35. The van der Waals surface area contributed by atoms with Gasteiger partial charge in [0.05, 0.1) is 6.54 Å². The number of fused-ring (bicyclic) bond motifs is 1. The van der Waals surface area contributed by atoms with E-state index in [4.69, 9.17) is 4.74 Å². The standard InChI is InChI=1S/C14H14N2O3S/c17-13(15-4-5-16-6-7-19-14(16)18)11-1-2-12-10(9-11)3-8-20-12/h1-3,8-9H,4-7H2,(H,15,17). The van der Waals surface area contributed by atoms with E-state index in [-0.39, 0.29) is 12.0 Å². The summed E-state index contributed by atoms with van der Waals surface area (Å²) in [4.78, 5) is 24.8. The molecule has 0 bridgehead atoms. The number of benzene rings is 1. The molecule has 0 saturated carbocycles.